The third-order valence-corrected chi connectivity index (χ3v) is 5.43. The van der Waals surface area contributed by atoms with Crippen LogP contribution < -0.4 is 10.0 Å². The summed E-state index contributed by atoms with van der Waals surface area (Å²) in [6.45, 7) is 3.57. The molecule has 5 nitrogen and oxygen atoms in total. The van der Waals surface area contributed by atoms with Crippen LogP contribution in [-0.2, 0) is 14.8 Å². The maximum atomic E-state index is 12.4. The number of hydrogen-bond donors (Lipinski definition) is 2. The molecule has 7 heteroatoms. The number of amides is 1. The number of sulfonamides is 1. The first-order valence-corrected chi connectivity index (χ1v) is 9.25. The molecule has 2 aromatic carbocycles. The van der Waals surface area contributed by atoms with Gasteiger partial charge in [-0.1, -0.05) is 32.0 Å². The van der Waals surface area contributed by atoms with E-state index in [1.807, 2.05) is 0 Å². The van der Waals surface area contributed by atoms with Crippen LogP contribution in [0.3, 0.4) is 0 Å². The Labute approximate surface area is 144 Å². The summed E-state index contributed by atoms with van der Waals surface area (Å²) >= 11 is 3.23. The van der Waals surface area contributed by atoms with E-state index in [2.05, 4.69) is 26.0 Å². The molecular formula is C16H17BrN2O3S. The Balaban J connectivity index is 2.24. The van der Waals surface area contributed by atoms with Gasteiger partial charge in [0, 0.05) is 16.1 Å². The van der Waals surface area contributed by atoms with Crippen LogP contribution in [-0.4, -0.2) is 14.3 Å². The molecule has 0 spiro atoms. The summed E-state index contributed by atoms with van der Waals surface area (Å²) in [5.41, 5.74) is 0.915. The summed E-state index contributed by atoms with van der Waals surface area (Å²) in [6.07, 6.45) is 0. The molecule has 2 rings (SSSR count). The Hall–Kier alpha value is -1.86. The Morgan fingerprint density at radius 3 is 2.35 bits per heavy atom. The van der Waals surface area contributed by atoms with Crippen molar-refractivity contribution in [3.05, 3.63) is 53.0 Å². The fraction of sp³-hybridized carbons (Fsp3) is 0.188. The van der Waals surface area contributed by atoms with Gasteiger partial charge in [0.15, 0.2) is 0 Å². The molecule has 2 aromatic rings. The van der Waals surface area contributed by atoms with Crippen LogP contribution in [0.4, 0.5) is 11.4 Å². The normalized spacial score (nSPS) is 11.3. The topological polar surface area (TPSA) is 75.3 Å². The van der Waals surface area contributed by atoms with E-state index in [0.29, 0.717) is 15.8 Å². The lowest BCUT2D eigenvalue weighted by Gasteiger charge is -2.12. The van der Waals surface area contributed by atoms with Crippen molar-refractivity contribution >= 4 is 43.2 Å². The van der Waals surface area contributed by atoms with Crippen LogP contribution >= 0.6 is 15.9 Å². The van der Waals surface area contributed by atoms with E-state index >= 15 is 0 Å². The summed E-state index contributed by atoms with van der Waals surface area (Å²) < 4.78 is 27.9. The lowest BCUT2D eigenvalue weighted by molar-refractivity contribution is -0.118. The van der Waals surface area contributed by atoms with Gasteiger partial charge in [-0.05, 0) is 46.3 Å². The first kappa shape index (κ1) is 17.5. The van der Waals surface area contributed by atoms with Crippen LogP contribution in [0, 0.1) is 5.92 Å². The van der Waals surface area contributed by atoms with E-state index in [9.17, 15) is 13.2 Å². The number of halogens is 1. The first-order chi connectivity index (χ1) is 10.8. The molecule has 0 saturated heterocycles. The van der Waals surface area contributed by atoms with E-state index < -0.39 is 10.0 Å². The second kappa shape index (κ2) is 7.14. The highest BCUT2D eigenvalue weighted by Crippen LogP contribution is 2.25. The molecule has 0 bridgehead atoms. The van der Waals surface area contributed by atoms with E-state index in [4.69, 9.17) is 0 Å². The number of benzene rings is 2. The Morgan fingerprint density at radius 1 is 1.04 bits per heavy atom. The summed E-state index contributed by atoms with van der Waals surface area (Å²) in [6, 6.07) is 13.1. The molecule has 2 N–H and O–H groups in total. The van der Waals surface area contributed by atoms with Crippen molar-refractivity contribution in [3.63, 3.8) is 0 Å². The molecule has 0 aliphatic rings. The molecule has 0 heterocycles. The fourth-order valence-electron chi connectivity index (χ4n) is 1.82. The Morgan fingerprint density at radius 2 is 1.70 bits per heavy atom. The molecule has 1 amide bonds. The minimum atomic E-state index is -3.72. The molecule has 0 saturated carbocycles. The van der Waals surface area contributed by atoms with Crippen LogP contribution in [0.15, 0.2) is 57.9 Å². The highest BCUT2D eigenvalue weighted by molar-refractivity contribution is 9.10. The third kappa shape index (κ3) is 4.56. The average molecular weight is 397 g/mol. The summed E-state index contributed by atoms with van der Waals surface area (Å²) in [7, 11) is -3.72. The van der Waals surface area contributed by atoms with Gasteiger partial charge in [-0.2, -0.15) is 0 Å². The lowest BCUT2D eigenvalue weighted by atomic mass is 10.2. The minimum absolute atomic E-state index is 0.129. The minimum Gasteiger partial charge on any atom is -0.326 e. The van der Waals surface area contributed by atoms with Crippen LogP contribution in [0.2, 0.25) is 0 Å². The van der Waals surface area contributed by atoms with Crippen molar-refractivity contribution in [1.29, 1.82) is 0 Å². The summed E-state index contributed by atoms with van der Waals surface area (Å²) in [4.78, 5) is 11.9. The van der Waals surface area contributed by atoms with Crippen LogP contribution in [0.5, 0.6) is 0 Å². The standard InChI is InChI=1S/C16H17BrN2O3S/c1-11(2)16(20)18-12-6-5-7-13(10-12)19-23(21,22)15-9-4-3-8-14(15)17/h3-11,19H,1-2H3,(H,18,20). The SMILES string of the molecule is CC(C)C(=O)Nc1cccc(NS(=O)(=O)c2ccccc2Br)c1. The number of hydrogen-bond acceptors (Lipinski definition) is 3. The molecule has 23 heavy (non-hydrogen) atoms. The largest absolute Gasteiger partial charge is 0.326 e. The second-order valence-corrected chi connectivity index (χ2v) is 7.77. The van der Waals surface area contributed by atoms with Crippen LogP contribution in [0.1, 0.15) is 13.8 Å². The van der Waals surface area contributed by atoms with Gasteiger partial charge >= 0.3 is 0 Å². The molecule has 0 aliphatic carbocycles. The van der Waals surface area contributed by atoms with Gasteiger partial charge in [0.25, 0.3) is 10.0 Å². The fourth-order valence-corrected chi connectivity index (χ4v) is 3.87. The van der Waals surface area contributed by atoms with E-state index in [0.717, 1.165) is 0 Å². The molecule has 0 aliphatic heterocycles. The van der Waals surface area contributed by atoms with Gasteiger partial charge in [-0.15, -0.1) is 0 Å². The molecule has 0 aromatic heterocycles. The zero-order valence-electron chi connectivity index (χ0n) is 12.7. The third-order valence-electron chi connectivity index (χ3n) is 3.03. The van der Waals surface area contributed by atoms with Crippen molar-refractivity contribution in [2.75, 3.05) is 10.0 Å². The zero-order chi connectivity index (χ0) is 17.0. The van der Waals surface area contributed by atoms with Gasteiger partial charge in [0.2, 0.25) is 5.91 Å². The monoisotopic (exact) mass is 396 g/mol. The average Bonchev–Trinajstić information content (AvgIpc) is 2.47. The lowest BCUT2D eigenvalue weighted by Crippen LogP contribution is -2.18. The maximum Gasteiger partial charge on any atom is 0.263 e. The van der Waals surface area contributed by atoms with Gasteiger partial charge < -0.3 is 5.32 Å². The Bertz CT molecular complexity index is 820. The molecule has 0 atom stereocenters. The van der Waals surface area contributed by atoms with Gasteiger partial charge in [0.05, 0.1) is 5.69 Å². The Kier molecular flexibility index (Phi) is 5.43. The van der Waals surface area contributed by atoms with Crippen molar-refractivity contribution < 1.29 is 13.2 Å². The van der Waals surface area contributed by atoms with Gasteiger partial charge in [-0.3, -0.25) is 9.52 Å². The van der Waals surface area contributed by atoms with Crippen molar-refractivity contribution in [3.8, 4) is 0 Å². The molecule has 122 valence electrons. The van der Waals surface area contributed by atoms with E-state index in [1.54, 1.807) is 56.3 Å². The predicted molar refractivity (Wildman–Crippen MR) is 94.9 cm³/mol. The van der Waals surface area contributed by atoms with Crippen LogP contribution in [0.25, 0.3) is 0 Å². The highest BCUT2D eigenvalue weighted by Gasteiger charge is 2.17. The van der Waals surface area contributed by atoms with Crippen molar-refractivity contribution in [1.82, 2.24) is 0 Å². The predicted octanol–water partition coefficient (Wildman–Crippen LogP) is 3.84. The van der Waals surface area contributed by atoms with E-state index in [1.165, 1.54) is 6.07 Å². The van der Waals surface area contributed by atoms with Crippen molar-refractivity contribution in [2.45, 2.75) is 18.7 Å². The molecule has 0 fully saturated rings. The van der Waals surface area contributed by atoms with Gasteiger partial charge in [-0.25, -0.2) is 8.42 Å². The molecule has 0 unspecified atom stereocenters. The summed E-state index contributed by atoms with van der Waals surface area (Å²) in [5.74, 6) is -0.286. The quantitative estimate of drug-likeness (QED) is 0.805. The zero-order valence-corrected chi connectivity index (χ0v) is 15.1. The van der Waals surface area contributed by atoms with Gasteiger partial charge in [0.1, 0.15) is 4.90 Å². The van der Waals surface area contributed by atoms with Crippen molar-refractivity contribution in [2.24, 2.45) is 5.92 Å². The highest BCUT2D eigenvalue weighted by atomic mass is 79.9. The summed E-state index contributed by atoms with van der Waals surface area (Å²) in [5, 5.41) is 2.74. The van der Waals surface area contributed by atoms with E-state index in [-0.39, 0.29) is 16.7 Å². The second-order valence-electron chi connectivity index (χ2n) is 5.26. The molecular weight excluding hydrogens is 380 g/mol. The number of rotatable bonds is 5. The number of carbonyl (C=O) groups is 1. The number of nitrogens with one attached hydrogen (secondary N) is 2. The maximum absolute atomic E-state index is 12.4. The number of carbonyl (C=O) groups excluding carboxylic acids is 1. The first-order valence-electron chi connectivity index (χ1n) is 6.98. The number of anilines is 2. The smallest absolute Gasteiger partial charge is 0.263 e. The molecule has 0 radical (unpaired) electrons.